The quantitative estimate of drug-likeness (QED) is 0.669. The molecule has 1 heterocycles. The summed E-state index contributed by atoms with van der Waals surface area (Å²) in [6.07, 6.45) is -0.510. The van der Waals surface area contributed by atoms with Crippen molar-refractivity contribution in [3.8, 4) is 0 Å². The van der Waals surface area contributed by atoms with Gasteiger partial charge in [-0.3, -0.25) is 0 Å². The number of hydrogen-bond acceptors (Lipinski definition) is 4. The number of para-hydroxylation sites is 1. The van der Waals surface area contributed by atoms with E-state index in [4.69, 9.17) is 28.9 Å². The molecule has 0 saturated carbocycles. The molecule has 1 aromatic carbocycles. The van der Waals surface area contributed by atoms with Crippen LogP contribution >= 0.6 is 34.5 Å². The van der Waals surface area contributed by atoms with Crippen molar-refractivity contribution in [3.05, 3.63) is 23.8 Å². The number of aromatic nitrogens is 1. The third-order valence-electron chi connectivity index (χ3n) is 2.18. The van der Waals surface area contributed by atoms with Crippen LogP contribution in [0.25, 0.3) is 10.2 Å². The summed E-state index contributed by atoms with van der Waals surface area (Å²) in [4.78, 5) is 3.79. The molecule has 6 heteroatoms. The number of halogens is 2. The molecule has 3 nitrogen and oxygen atoms in total. The van der Waals surface area contributed by atoms with Crippen LogP contribution in [0, 0.1) is 6.92 Å². The molecule has 16 heavy (non-hydrogen) atoms. The summed E-state index contributed by atoms with van der Waals surface area (Å²) in [5, 5.41) is 3.72. The Morgan fingerprint density at radius 2 is 2.19 bits per heavy atom. The summed E-state index contributed by atoms with van der Waals surface area (Å²) in [7, 11) is 0. The highest BCUT2D eigenvalue weighted by atomic mass is 35.5. The minimum absolute atomic E-state index is 0.510. The zero-order valence-corrected chi connectivity index (χ0v) is 10.9. The molecular weight excluding hydrogens is 265 g/mol. The predicted molar refractivity (Wildman–Crippen MR) is 71.4 cm³/mol. The Labute approximate surface area is 108 Å². The maximum atomic E-state index is 5.70. The highest BCUT2D eigenvalue weighted by molar-refractivity contribution is 7.22. The fourth-order valence-electron chi connectivity index (χ4n) is 1.35. The SMILES string of the molecule is Cc1cccc2sc(NC(N)C(Cl)Cl)nc12. The fraction of sp³-hybridized carbons (Fsp3) is 0.300. The van der Waals surface area contributed by atoms with E-state index in [-0.39, 0.29) is 0 Å². The lowest BCUT2D eigenvalue weighted by Gasteiger charge is -2.12. The third-order valence-corrected chi connectivity index (χ3v) is 3.68. The number of nitrogens with two attached hydrogens (primary N) is 1. The van der Waals surface area contributed by atoms with Crippen LogP contribution in [0.4, 0.5) is 5.13 Å². The second-order valence-electron chi connectivity index (χ2n) is 3.45. The number of fused-ring (bicyclic) bond motifs is 1. The van der Waals surface area contributed by atoms with E-state index in [1.54, 1.807) is 0 Å². The van der Waals surface area contributed by atoms with Crippen molar-refractivity contribution in [2.24, 2.45) is 5.73 Å². The van der Waals surface area contributed by atoms with Crippen LogP contribution in [0.2, 0.25) is 0 Å². The van der Waals surface area contributed by atoms with Gasteiger partial charge in [0.25, 0.3) is 0 Å². The van der Waals surface area contributed by atoms with Gasteiger partial charge < -0.3 is 11.1 Å². The average molecular weight is 276 g/mol. The molecule has 86 valence electrons. The molecule has 1 atom stereocenters. The topological polar surface area (TPSA) is 50.9 Å². The molecule has 0 bridgehead atoms. The van der Waals surface area contributed by atoms with Crippen molar-refractivity contribution in [3.63, 3.8) is 0 Å². The second kappa shape index (κ2) is 4.75. The first kappa shape index (κ1) is 11.9. The van der Waals surface area contributed by atoms with Gasteiger partial charge >= 0.3 is 0 Å². The molecule has 1 unspecified atom stereocenters. The summed E-state index contributed by atoms with van der Waals surface area (Å²) in [6, 6.07) is 6.05. The van der Waals surface area contributed by atoms with Crippen molar-refractivity contribution in [1.82, 2.24) is 4.98 Å². The van der Waals surface area contributed by atoms with Crippen LogP contribution in [0.5, 0.6) is 0 Å². The van der Waals surface area contributed by atoms with E-state index in [2.05, 4.69) is 10.3 Å². The second-order valence-corrected chi connectivity index (χ2v) is 5.64. The van der Waals surface area contributed by atoms with Gasteiger partial charge in [0, 0.05) is 0 Å². The van der Waals surface area contributed by atoms with Crippen LogP contribution in [0.1, 0.15) is 5.56 Å². The number of nitrogens with one attached hydrogen (secondary N) is 1. The van der Waals surface area contributed by atoms with Gasteiger partial charge in [0.2, 0.25) is 0 Å². The lowest BCUT2D eigenvalue weighted by atomic mass is 10.2. The molecule has 0 spiro atoms. The molecule has 2 aromatic rings. The van der Waals surface area contributed by atoms with Crippen LogP contribution < -0.4 is 11.1 Å². The Hall–Kier alpha value is -0.550. The van der Waals surface area contributed by atoms with Crippen LogP contribution in [0.15, 0.2) is 18.2 Å². The van der Waals surface area contributed by atoms with E-state index in [1.165, 1.54) is 11.3 Å². The van der Waals surface area contributed by atoms with E-state index in [0.717, 1.165) is 20.9 Å². The monoisotopic (exact) mass is 275 g/mol. The van der Waals surface area contributed by atoms with Gasteiger partial charge in [-0.25, -0.2) is 4.98 Å². The number of alkyl halides is 2. The van der Waals surface area contributed by atoms with Crippen molar-refractivity contribution in [2.45, 2.75) is 17.9 Å². The lowest BCUT2D eigenvalue weighted by molar-refractivity contribution is 0.820. The first-order chi connectivity index (χ1) is 7.58. The molecule has 1 aromatic heterocycles. The number of benzene rings is 1. The maximum absolute atomic E-state index is 5.70. The molecule has 0 radical (unpaired) electrons. The van der Waals surface area contributed by atoms with Gasteiger partial charge in [-0.1, -0.05) is 23.5 Å². The van der Waals surface area contributed by atoms with Gasteiger partial charge in [0.05, 0.1) is 10.2 Å². The van der Waals surface area contributed by atoms with Gasteiger partial charge in [0.15, 0.2) is 5.13 Å². The number of thiazole rings is 1. The smallest absolute Gasteiger partial charge is 0.185 e. The molecule has 0 aliphatic carbocycles. The molecule has 2 rings (SSSR count). The summed E-state index contributed by atoms with van der Waals surface area (Å²) in [5.41, 5.74) is 7.83. The Morgan fingerprint density at radius 1 is 1.44 bits per heavy atom. The first-order valence-corrected chi connectivity index (χ1v) is 6.43. The Kier molecular flexibility index (Phi) is 3.54. The van der Waals surface area contributed by atoms with E-state index >= 15 is 0 Å². The van der Waals surface area contributed by atoms with Gasteiger partial charge in [0.1, 0.15) is 11.0 Å². The summed E-state index contributed by atoms with van der Waals surface area (Å²) >= 11 is 12.9. The zero-order valence-electron chi connectivity index (χ0n) is 8.58. The van der Waals surface area contributed by atoms with Gasteiger partial charge in [-0.2, -0.15) is 0 Å². The Morgan fingerprint density at radius 3 is 2.81 bits per heavy atom. The van der Waals surface area contributed by atoms with Crippen molar-refractivity contribution in [1.29, 1.82) is 0 Å². The van der Waals surface area contributed by atoms with E-state index < -0.39 is 11.0 Å². The molecule has 0 saturated heterocycles. The highest BCUT2D eigenvalue weighted by Crippen LogP contribution is 2.28. The minimum Gasteiger partial charge on any atom is -0.344 e. The van der Waals surface area contributed by atoms with Crippen LogP contribution in [0.3, 0.4) is 0 Å². The van der Waals surface area contributed by atoms with Crippen molar-refractivity contribution >= 4 is 49.9 Å². The van der Waals surface area contributed by atoms with Crippen molar-refractivity contribution in [2.75, 3.05) is 5.32 Å². The lowest BCUT2D eigenvalue weighted by Crippen LogP contribution is -2.35. The van der Waals surface area contributed by atoms with E-state index in [0.29, 0.717) is 0 Å². The molecule has 0 fully saturated rings. The Balaban J connectivity index is 2.30. The first-order valence-electron chi connectivity index (χ1n) is 4.74. The van der Waals surface area contributed by atoms with Gasteiger partial charge in [-0.05, 0) is 18.6 Å². The Bertz CT molecular complexity index is 498. The average Bonchev–Trinajstić information content (AvgIpc) is 2.61. The number of rotatable bonds is 3. The zero-order chi connectivity index (χ0) is 11.7. The predicted octanol–water partition coefficient (Wildman–Crippen LogP) is 3.11. The number of nitrogens with zero attached hydrogens (tertiary/aromatic N) is 1. The summed E-state index contributed by atoms with van der Waals surface area (Å²) < 4.78 is 1.12. The molecule has 0 aliphatic rings. The van der Waals surface area contributed by atoms with Crippen molar-refractivity contribution < 1.29 is 0 Å². The number of hydrogen-bond donors (Lipinski definition) is 2. The van der Waals surface area contributed by atoms with E-state index in [9.17, 15) is 0 Å². The number of anilines is 1. The summed E-state index contributed by atoms with van der Waals surface area (Å²) in [6.45, 7) is 2.03. The highest BCUT2D eigenvalue weighted by Gasteiger charge is 2.13. The molecule has 0 aliphatic heterocycles. The molecule has 3 N–H and O–H groups in total. The summed E-state index contributed by atoms with van der Waals surface area (Å²) in [5.74, 6) is 0. The normalized spacial score (nSPS) is 13.3. The minimum atomic E-state index is -0.659. The third kappa shape index (κ3) is 2.40. The fourth-order valence-corrected chi connectivity index (χ4v) is 2.47. The maximum Gasteiger partial charge on any atom is 0.185 e. The standard InChI is InChI=1S/C10H11Cl2N3S/c1-5-3-2-4-6-7(5)14-10(16-6)15-9(13)8(11)12/h2-4,8-9H,13H2,1H3,(H,14,15). The van der Waals surface area contributed by atoms with Crippen LogP contribution in [-0.2, 0) is 0 Å². The van der Waals surface area contributed by atoms with Gasteiger partial charge in [-0.15, -0.1) is 23.2 Å². The molecular formula is C10H11Cl2N3S. The van der Waals surface area contributed by atoms with Crippen LogP contribution in [-0.4, -0.2) is 16.0 Å². The largest absolute Gasteiger partial charge is 0.344 e. The van der Waals surface area contributed by atoms with E-state index in [1.807, 2.05) is 25.1 Å². The molecule has 0 amide bonds. The number of aryl methyl sites for hydroxylation is 1.